The number of methoxy groups -OCH3 is 1. The number of hydrogen-bond donors (Lipinski definition) is 0. The van der Waals surface area contributed by atoms with Crippen molar-refractivity contribution in [1.29, 1.82) is 0 Å². The van der Waals surface area contributed by atoms with Gasteiger partial charge in [-0.3, -0.25) is 0 Å². The second-order valence-corrected chi connectivity index (χ2v) is 12.8. The van der Waals surface area contributed by atoms with E-state index in [1.807, 2.05) is 33.9 Å². The van der Waals surface area contributed by atoms with Gasteiger partial charge in [-0.15, -0.1) is 0 Å². The average Bonchev–Trinajstić information content (AvgIpc) is 2.38. The molecule has 0 fully saturated rings. The fraction of sp³-hybridized carbons (Fsp3) is 0.812. The molecule has 0 aliphatic heterocycles. The standard InChI is InChI=1S/C16H31NO6Si/c1-15(2,3)22-14(20)17(12(10-11-18)13(19)21-7)23-24(8,9)16(4,5)6/h11-12H,10H2,1-9H3/t12-/m1/s1. The largest absolute Gasteiger partial charge is 0.467 e. The molecule has 0 aliphatic rings. The van der Waals surface area contributed by atoms with E-state index in [-0.39, 0.29) is 11.5 Å². The van der Waals surface area contributed by atoms with Crippen molar-refractivity contribution in [3.05, 3.63) is 0 Å². The van der Waals surface area contributed by atoms with Crippen molar-refractivity contribution in [1.82, 2.24) is 5.06 Å². The number of nitrogens with zero attached hydrogens (tertiary/aromatic N) is 1. The third kappa shape index (κ3) is 6.60. The molecule has 7 nitrogen and oxygen atoms in total. The van der Waals surface area contributed by atoms with E-state index in [4.69, 9.17) is 14.0 Å². The van der Waals surface area contributed by atoms with Crippen LogP contribution in [0.4, 0.5) is 4.79 Å². The Morgan fingerprint density at radius 3 is 1.96 bits per heavy atom. The van der Waals surface area contributed by atoms with Gasteiger partial charge in [0, 0.05) is 6.42 Å². The minimum Gasteiger partial charge on any atom is -0.467 e. The van der Waals surface area contributed by atoms with Crippen molar-refractivity contribution in [2.75, 3.05) is 7.11 Å². The molecule has 0 saturated heterocycles. The van der Waals surface area contributed by atoms with Crippen LogP contribution >= 0.6 is 0 Å². The van der Waals surface area contributed by atoms with Crippen LogP contribution in [0.2, 0.25) is 18.1 Å². The summed E-state index contributed by atoms with van der Waals surface area (Å²) in [4.78, 5) is 35.6. The number of carbonyl (C=O) groups excluding carboxylic acids is 3. The van der Waals surface area contributed by atoms with E-state index in [0.29, 0.717) is 6.29 Å². The van der Waals surface area contributed by atoms with Crippen LogP contribution in [0.3, 0.4) is 0 Å². The minimum absolute atomic E-state index is 0.213. The summed E-state index contributed by atoms with van der Waals surface area (Å²) in [5.41, 5.74) is -0.770. The molecule has 0 unspecified atom stereocenters. The molecule has 140 valence electrons. The first-order chi connectivity index (χ1) is 10.7. The van der Waals surface area contributed by atoms with Crippen LogP contribution in [-0.2, 0) is 23.6 Å². The molecule has 0 heterocycles. The molecule has 0 spiro atoms. The van der Waals surface area contributed by atoms with Crippen molar-refractivity contribution in [3.8, 4) is 0 Å². The van der Waals surface area contributed by atoms with Gasteiger partial charge in [-0.1, -0.05) is 20.8 Å². The monoisotopic (exact) mass is 361 g/mol. The van der Waals surface area contributed by atoms with E-state index in [1.165, 1.54) is 7.11 Å². The van der Waals surface area contributed by atoms with Crippen LogP contribution in [0, 0.1) is 0 Å². The Balaban J connectivity index is 5.77. The normalized spacial score (nSPS) is 13.9. The lowest BCUT2D eigenvalue weighted by atomic mass is 10.2. The summed E-state index contributed by atoms with van der Waals surface area (Å²) in [6, 6.07) is -1.18. The maximum Gasteiger partial charge on any atom is 0.434 e. The van der Waals surface area contributed by atoms with Crippen LogP contribution in [0.5, 0.6) is 0 Å². The number of aldehydes is 1. The number of ether oxygens (including phenoxy) is 2. The highest BCUT2D eigenvalue weighted by Crippen LogP contribution is 2.38. The first kappa shape index (κ1) is 22.6. The number of rotatable bonds is 6. The molecule has 0 rings (SSSR count). The fourth-order valence-corrected chi connectivity index (χ4v) is 2.40. The van der Waals surface area contributed by atoms with E-state index in [1.54, 1.807) is 20.8 Å². The van der Waals surface area contributed by atoms with Crippen LogP contribution < -0.4 is 0 Å². The Bertz CT molecular complexity index is 464. The van der Waals surface area contributed by atoms with E-state index in [9.17, 15) is 14.4 Å². The molecular formula is C16H31NO6Si. The predicted molar refractivity (Wildman–Crippen MR) is 92.8 cm³/mol. The van der Waals surface area contributed by atoms with Crippen molar-refractivity contribution in [2.45, 2.75) is 77.7 Å². The van der Waals surface area contributed by atoms with Crippen molar-refractivity contribution >= 4 is 26.7 Å². The Morgan fingerprint density at radius 1 is 1.12 bits per heavy atom. The van der Waals surface area contributed by atoms with Gasteiger partial charge in [0.25, 0.3) is 0 Å². The Kier molecular flexibility index (Phi) is 7.63. The number of hydrogen-bond acceptors (Lipinski definition) is 6. The van der Waals surface area contributed by atoms with Gasteiger partial charge in [0.15, 0.2) is 6.04 Å². The zero-order valence-electron chi connectivity index (χ0n) is 16.3. The van der Waals surface area contributed by atoms with Gasteiger partial charge in [-0.05, 0) is 38.9 Å². The quantitative estimate of drug-likeness (QED) is 0.312. The second kappa shape index (κ2) is 8.11. The van der Waals surface area contributed by atoms with Crippen LogP contribution in [0.1, 0.15) is 48.0 Å². The fourth-order valence-electron chi connectivity index (χ4n) is 1.43. The SMILES string of the molecule is COC(=O)[C@@H](CC=O)N(O[Si](C)(C)C(C)(C)C)C(=O)OC(C)(C)C. The number of hydroxylamine groups is 2. The molecule has 1 atom stereocenters. The molecule has 0 N–H and O–H groups in total. The molecule has 0 aliphatic carbocycles. The summed E-state index contributed by atoms with van der Waals surface area (Å²) in [6.45, 7) is 15.0. The summed E-state index contributed by atoms with van der Waals surface area (Å²) >= 11 is 0. The van der Waals surface area contributed by atoms with Crippen molar-refractivity contribution in [3.63, 3.8) is 0 Å². The zero-order chi connectivity index (χ0) is 19.3. The first-order valence-electron chi connectivity index (χ1n) is 7.89. The molecule has 0 aromatic rings. The second-order valence-electron chi connectivity index (χ2n) is 8.10. The molecular weight excluding hydrogens is 330 g/mol. The Morgan fingerprint density at radius 2 is 1.62 bits per heavy atom. The van der Waals surface area contributed by atoms with Gasteiger partial charge in [0.1, 0.15) is 11.9 Å². The lowest BCUT2D eigenvalue weighted by molar-refractivity contribution is -0.164. The molecule has 0 bridgehead atoms. The summed E-state index contributed by atoms with van der Waals surface area (Å²) in [6.07, 6.45) is -0.501. The van der Waals surface area contributed by atoms with Gasteiger partial charge < -0.3 is 18.8 Å². The van der Waals surface area contributed by atoms with Crippen molar-refractivity contribution < 1.29 is 28.4 Å². The molecule has 0 aromatic heterocycles. The number of esters is 1. The molecule has 0 aromatic carbocycles. The highest BCUT2D eigenvalue weighted by Gasteiger charge is 2.45. The minimum atomic E-state index is -2.46. The van der Waals surface area contributed by atoms with E-state index < -0.39 is 32.0 Å². The van der Waals surface area contributed by atoms with E-state index in [0.717, 1.165) is 5.06 Å². The van der Waals surface area contributed by atoms with Crippen LogP contribution in [-0.4, -0.2) is 50.5 Å². The topological polar surface area (TPSA) is 82.1 Å². The molecule has 1 amide bonds. The average molecular weight is 362 g/mol. The van der Waals surface area contributed by atoms with Gasteiger partial charge in [-0.25, -0.2) is 9.59 Å². The highest BCUT2D eigenvalue weighted by atomic mass is 28.4. The third-order valence-corrected chi connectivity index (χ3v) is 8.05. The van der Waals surface area contributed by atoms with Crippen LogP contribution in [0.15, 0.2) is 0 Å². The van der Waals surface area contributed by atoms with Gasteiger partial charge in [0.2, 0.25) is 8.32 Å². The Hall–Kier alpha value is -1.41. The third-order valence-electron chi connectivity index (χ3n) is 3.78. The lowest BCUT2D eigenvalue weighted by Gasteiger charge is -2.41. The molecule has 8 heteroatoms. The zero-order valence-corrected chi connectivity index (χ0v) is 17.3. The summed E-state index contributed by atoms with van der Waals surface area (Å²) in [7, 11) is -1.26. The lowest BCUT2D eigenvalue weighted by Crippen LogP contribution is -2.55. The summed E-state index contributed by atoms with van der Waals surface area (Å²) in [5, 5.41) is 0.665. The van der Waals surface area contributed by atoms with Gasteiger partial charge in [0.05, 0.1) is 7.11 Å². The maximum atomic E-state index is 12.6. The molecule has 0 saturated carbocycles. The smallest absolute Gasteiger partial charge is 0.434 e. The molecule has 24 heavy (non-hydrogen) atoms. The van der Waals surface area contributed by atoms with E-state index in [2.05, 4.69) is 0 Å². The van der Waals surface area contributed by atoms with Gasteiger partial charge >= 0.3 is 12.1 Å². The highest BCUT2D eigenvalue weighted by molar-refractivity contribution is 6.74. The maximum absolute atomic E-state index is 12.6. The predicted octanol–water partition coefficient (Wildman–Crippen LogP) is 3.29. The van der Waals surface area contributed by atoms with Crippen LogP contribution in [0.25, 0.3) is 0 Å². The van der Waals surface area contributed by atoms with E-state index >= 15 is 0 Å². The number of amides is 1. The summed E-state index contributed by atoms with van der Waals surface area (Å²) < 4.78 is 16.0. The van der Waals surface area contributed by atoms with Gasteiger partial charge in [-0.2, -0.15) is 5.06 Å². The first-order valence-corrected chi connectivity index (χ1v) is 10.8. The Labute approximate surface area is 145 Å². The molecule has 0 radical (unpaired) electrons. The van der Waals surface area contributed by atoms with Crippen molar-refractivity contribution in [2.24, 2.45) is 0 Å². The summed E-state index contributed by atoms with van der Waals surface area (Å²) in [5.74, 6) is -0.730. The number of carbonyl (C=O) groups is 3.